The molecule has 0 amide bonds. The van der Waals surface area contributed by atoms with E-state index in [-0.39, 0.29) is 0 Å². The SMILES string of the molecule is OCC1OC(Sc2ccc(Cl)c(Cl)c2)C(O)C(O)C1O. The van der Waals surface area contributed by atoms with Crippen molar-refractivity contribution in [1.29, 1.82) is 0 Å². The van der Waals surface area contributed by atoms with Crippen LogP contribution in [0.25, 0.3) is 0 Å². The number of rotatable bonds is 3. The number of halogens is 2. The van der Waals surface area contributed by atoms with Gasteiger partial charge in [0.15, 0.2) is 0 Å². The fourth-order valence-corrected chi connectivity index (χ4v) is 3.31. The first-order chi connectivity index (χ1) is 9.43. The van der Waals surface area contributed by atoms with E-state index >= 15 is 0 Å². The molecule has 20 heavy (non-hydrogen) atoms. The van der Waals surface area contributed by atoms with Crippen LogP contribution in [0.1, 0.15) is 0 Å². The predicted molar refractivity (Wildman–Crippen MR) is 76.1 cm³/mol. The largest absolute Gasteiger partial charge is 0.394 e. The second-order valence-corrected chi connectivity index (χ2v) is 6.38. The van der Waals surface area contributed by atoms with Crippen molar-refractivity contribution in [3.8, 4) is 0 Å². The average Bonchev–Trinajstić information content (AvgIpc) is 2.43. The van der Waals surface area contributed by atoms with E-state index in [9.17, 15) is 15.3 Å². The second-order valence-electron chi connectivity index (χ2n) is 4.39. The minimum Gasteiger partial charge on any atom is -0.394 e. The molecule has 0 bridgehead atoms. The molecular weight excluding hydrogens is 327 g/mol. The molecule has 1 aliphatic rings. The Bertz CT molecular complexity index is 473. The molecule has 5 atom stereocenters. The molecule has 0 saturated carbocycles. The van der Waals surface area contributed by atoms with E-state index in [2.05, 4.69) is 0 Å². The highest BCUT2D eigenvalue weighted by Crippen LogP contribution is 2.35. The Morgan fingerprint density at radius 2 is 1.75 bits per heavy atom. The highest BCUT2D eigenvalue weighted by molar-refractivity contribution is 7.99. The van der Waals surface area contributed by atoms with E-state index < -0.39 is 36.5 Å². The maximum absolute atomic E-state index is 9.91. The van der Waals surface area contributed by atoms with Crippen LogP contribution in [-0.4, -0.2) is 56.9 Å². The maximum atomic E-state index is 9.91. The van der Waals surface area contributed by atoms with Gasteiger partial charge in [0.2, 0.25) is 0 Å². The Hall–Kier alpha value is -0.0500. The zero-order valence-electron chi connectivity index (χ0n) is 10.2. The molecule has 0 aromatic heterocycles. The lowest BCUT2D eigenvalue weighted by molar-refractivity contribution is -0.205. The first kappa shape index (κ1) is 16.3. The highest BCUT2D eigenvalue weighted by atomic mass is 35.5. The number of thioether (sulfide) groups is 1. The van der Waals surface area contributed by atoms with Gasteiger partial charge in [-0.3, -0.25) is 0 Å². The average molecular weight is 341 g/mol. The van der Waals surface area contributed by atoms with Crippen molar-refractivity contribution in [2.24, 2.45) is 0 Å². The normalized spacial score (nSPS) is 34.2. The number of aliphatic hydroxyl groups is 4. The molecular formula is C12H14Cl2O5S. The summed E-state index contributed by atoms with van der Waals surface area (Å²) in [5.41, 5.74) is -0.831. The van der Waals surface area contributed by atoms with Gasteiger partial charge < -0.3 is 25.2 Å². The smallest absolute Gasteiger partial charge is 0.136 e. The highest BCUT2D eigenvalue weighted by Gasteiger charge is 2.43. The Kier molecular flexibility index (Phi) is 5.56. The summed E-state index contributed by atoms with van der Waals surface area (Å²) in [5.74, 6) is 0. The van der Waals surface area contributed by atoms with Crippen molar-refractivity contribution in [2.75, 3.05) is 6.61 Å². The van der Waals surface area contributed by atoms with E-state index in [1.54, 1.807) is 18.2 Å². The van der Waals surface area contributed by atoms with Gasteiger partial charge in [-0.15, -0.1) is 0 Å². The molecule has 5 unspecified atom stereocenters. The fourth-order valence-electron chi connectivity index (χ4n) is 1.85. The molecule has 112 valence electrons. The molecule has 1 heterocycles. The quantitative estimate of drug-likeness (QED) is 0.653. The zero-order valence-corrected chi connectivity index (χ0v) is 12.5. The van der Waals surface area contributed by atoms with Crippen LogP contribution in [0.4, 0.5) is 0 Å². The van der Waals surface area contributed by atoms with Crippen molar-refractivity contribution < 1.29 is 25.2 Å². The van der Waals surface area contributed by atoms with Crippen molar-refractivity contribution >= 4 is 35.0 Å². The van der Waals surface area contributed by atoms with Crippen molar-refractivity contribution in [1.82, 2.24) is 0 Å². The number of ether oxygens (including phenoxy) is 1. The molecule has 1 aliphatic heterocycles. The van der Waals surface area contributed by atoms with Gasteiger partial charge in [0.25, 0.3) is 0 Å². The second kappa shape index (κ2) is 6.81. The maximum Gasteiger partial charge on any atom is 0.136 e. The molecule has 8 heteroatoms. The third kappa shape index (κ3) is 3.40. The van der Waals surface area contributed by atoms with E-state index in [4.69, 9.17) is 33.0 Å². The Morgan fingerprint density at radius 1 is 1.05 bits per heavy atom. The monoisotopic (exact) mass is 340 g/mol. The third-order valence-corrected chi connectivity index (χ3v) is 4.88. The molecule has 5 nitrogen and oxygen atoms in total. The lowest BCUT2D eigenvalue weighted by Gasteiger charge is -2.39. The Morgan fingerprint density at radius 3 is 2.35 bits per heavy atom. The van der Waals surface area contributed by atoms with Gasteiger partial charge in [0.1, 0.15) is 29.9 Å². The Labute approximate surface area is 130 Å². The summed E-state index contributed by atoms with van der Waals surface area (Å²) in [6, 6.07) is 4.91. The minimum absolute atomic E-state index is 0.362. The van der Waals surface area contributed by atoms with Gasteiger partial charge in [0.05, 0.1) is 16.7 Å². The van der Waals surface area contributed by atoms with Crippen LogP contribution in [0.15, 0.2) is 23.1 Å². The molecule has 4 N–H and O–H groups in total. The first-order valence-corrected chi connectivity index (χ1v) is 7.50. The summed E-state index contributed by atoms with van der Waals surface area (Å²) in [5, 5.41) is 39.2. The van der Waals surface area contributed by atoms with Crippen LogP contribution in [0.5, 0.6) is 0 Å². The lowest BCUT2D eigenvalue weighted by Crippen LogP contribution is -2.57. The lowest BCUT2D eigenvalue weighted by atomic mass is 10.0. The van der Waals surface area contributed by atoms with Crippen molar-refractivity contribution in [2.45, 2.75) is 34.7 Å². The minimum atomic E-state index is -1.39. The molecule has 1 aromatic carbocycles. The first-order valence-electron chi connectivity index (χ1n) is 5.86. The zero-order chi connectivity index (χ0) is 14.9. The topological polar surface area (TPSA) is 90.2 Å². The van der Waals surface area contributed by atoms with Crippen LogP contribution in [0.3, 0.4) is 0 Å². The van der Waals surface area contributed by atoms with E-state index in [0.29, 0.717) is 14.9 Å². The summed E-state index contributed by atoms with van der Waals surface area (Å²) >= 11 is 12.8. The summed E-state index contributed by atoms with van der Waals surface area (Å²) < 4.78 is 5.38. The van der Waals surface area contributed by atoms with Gasteiger partial charge in [0, 0.05) is 4.90 Å². The number of benzene rings is 1. The van der Waals surface area contributed by atoms with Crippen LogP contribution in [0.2, 0.25) is 10.0 Å². The molecule has 0 radical (unpaired) electrons. The summed E-state index contributed by atoms with van der Waals surface area (Å²) in [6.07, 6.45) is -4.96. The van der Waals surface area contributed by atoms with Gasteiger partial charge in [-0.05, 0) is 18.2 Å². The van der Waals surface area contributed by atoms with Gasteiger partial charge in [-0.2, -0.15) is 0 Å². The Balaban J connectivity index is 2.13. The third-order valence-electron chi connectivity index (χ3n) is 2.99. The standard InChI is InChI=1S/C12H14Cl2O5S/c13-6-2-1-5(3-7(6)14)20-12-11(18)10(17)9(16)8(4-15)19-12/h1-3,8-12,15-18H,4H2. The molecule has 0 spiro atoms. The van der Waals surface area contributed by atoms with Crippen LogP contribution < -0.4 is 0 Å². The van der Waals surface area contributed by atoms with E-state index in [1.807, 2.05) is 0 Å². The van der Waals surface area contributed by atoms with Gasteiger partial charge in [-0.25, -0.2) is 0 Å². The number of hydrogen-bond donors (Lipinski definition) is 4. The van der Waals surface area contributed by atoms with Gasteiger partial charge >= 0.3 is 0 Å². The number of hydrogen-bond acceptors (Lipinski definition) is 6. The molecule has 2 rings (SSSR count). The molecule has 1 fully saturated rings. The van der Waals surface area contributed by atoms with E-state index in [1.165, 1.54) is 0 Å². The van der Waals surface area contributed by atoms with Gasteiger partial charge in [-0.1, -0.05) is 35.0 Å². The van der Waals surface area contributed by atoms with E-state index in [0.717, 1.165) is 11.8 Å². The predicted octanol–water partition coefficient (Wildman–Crippen LogP) is 0.885. The summed E-state index contributed by atoms with van der Waals surface area (Å²) in [4.78, 5) is 0.684. The molecule has 1 saturated heterocycles. The fraction of sp³-hybridized carbons (Fsp3) is 0.500. The molecule has 1 aromatic rings. The summed E-state index contributed by atoms with van der Waals surface area (Å²) in [7, 11) is 0. The molecule has 0 aliphatic carbocycles. The number of aliphatic hydroxyl groups excluding tert-OH is 4. The van der Waals surface area contributed by atoms with Crippen molar-refractivity contribution in [3.63, 3.8) is 0 Å². The summed E-state index contributed by atoms with van der Waals surface area (Å²) in [6.45, 7) is -0.455. The van der Waals surface area contributed by atoms with Crippen LogP contribution in [-0.2, 0) is 4.74 Å². The van der Waals surface area contributed by atoms with Crippen molar-refractivity contribution in [3.05, 3.63) is 28.2 Å². The van der Waals surface area contributed by atoms with Crippen LogP contribution in [0, 0.1) is 0 Å². The van der Waals surface area contributed by atoms with Crippen LogP contribution >= 0.6 is 35.0 Å².